The Morgan fingerprint density at radius 2 is 2.20 bits per heavy atom. The van der Waals surface area contributed by atoms with E-state index in [1.165, 1.54) is 11.3 Å². The third kappa shape index (κ3) is 2.35. The lowest BCUT2D eigenvalue weighted by molar-refractivity contribution is -0.0587. The molecular formula is C10H14N2O2S. The van der Waals surface area contributed by atoms with Gasteiger partial charge in [0, 0.05) is 18.5 Å². The van der Waals surface area contributed by atoms with Crippen LogP contribution in [0.25, 0.3) is 0 Å². The van der Waals surface area contributed by atoms with Gasteiger partial charge in [0.25, 0.3) is 5.91 Å². The minimum Gasteiger partial charge on any atom is -0.372 e. The van der Waals surface area contributed by atoms with Gasteiger partial charge in [-0.15, -0.1) is 11.3 Å². The molecule has 4 nitrogen and oxygen atoms in total. The van der Waals surface area contributed by atoms with E-state index >= 15 is 0 Å². The van der Waals surface area contributed by atoms with Crippen LogP contribution in [0.2, 0.25) is 0 Å². The molecule has 1 aliphatic heterocycles. The van der Waals surface area contributed by atoms with E-state index in [0.29, 0.717) is 18.8 Å². The number of nitrogens with zero attached hydrogens (tertiary/aromatic N) is 2. The second-order valence-electron chi connectivity index (χ2n) is 3.84. The number of rotatable bonds is 1. The van der Waals surface area contributed by atoms with Gasteiger partial charge in [-0.1, -0.05) is 0 Å². The van der Waals surface area contributed by atoms with E-state index in [2.05, 4.69) is 4.98 Å². The van der Waals surface area contributed by atoms with E-state index in [0.717, 1.165) is 0 Å². The zero-order valence-corrected chi connectivity index (χ0v) is 9.66. The fourth-order valence-corrected chi connectivity index (χ4v) is 2.35. The van der Waals surface area contributed by atoms with Crippen molar-refractivity contribution in [2.24, 2.45) is 0 Å². The van der Waals surface area contributed by atoms with Crippen LogP contribution < -0.4 is 0 Å². The lowest BCUT2D eigenvalue weighted by Crippen LogP contribution is -2.48. The highest BCUT2D eigenvalue weighted by molar-refractivity contribution is 7.07. The van der Waals surface area contributed by atoms with Crippen LogP contribution in [0, 0.1) is 0 Å². The second kappa shape index (κ2) is 4.28. The van der Waals surface area contributed by atoms with Crippen molar-refractivity contribution in [3.05, 3.63) is 16.6 Å². The molecule has 1 saturated heterocycles. The number of carbonyl (C=O) groups excluding carboxylic acids is 1. The Kier molecular flexibility index (Phi) is 3.02. The van der Waals surface area contributed by atoms with Crippen LogP contribution >= 0.6 is 11.3 Å². The van der Waals surface area contributed by atoms with Crippen molar-refractivity contribution in [3.63, 3.8) is 0 Å². The van der Waals surface area contributed by atoms with Gasteiger partial charge in [0.1, 0.15) is 5.69 Å². The average molecular weight is 226 g/mol. The maximum absolute atomic E-state index is 12.0. The molecular weight excluding hydrogens is 212 g/mol. The average Bonchev–Trinajstić information content (AvgIpc) is 2.67. The van der Waals surface area contributed by atoms with Crippen molar-refractivity contribution in [2.45, 2.75) is 26.1 Å². The first-order chi connectivity index (χ1) is 7.16. The summed E-state index contributed by atoms with van der Waals surface area (Å²) >= 11 is 1.44. The van der Waals surface area contributed by atoms with E-state index in [1.807, 2.05) is 18.7 Å². The summed E-state index contributed by atoms with van der Waals surface area (Å²) in [6.45, 7) is 5.27. The lowest BCUT2D eigenvalue weighted by Gasteiger charge is -2.34. The lowest BCUT2D eigenvalue weighted by atomic mass is 10.2. The van der Waals surface area contributed by atoms with Gasteiger partial charge in [-0.05, 0) is 13.8 Å². The number of carbonyl (C=O) groups is 1. The highest BCUT2D eigenvalue weighted by Crippen LogP contribution is 2.14. The first-order valence-corrected chi connectivity index (χ1v) is 5.94. The second-order valence-corrected chi connectivity index (χ2v) is 4.56. The molecule has 1 aromatic heterocycles. The number of morpholine rings is 1. The summed E-state index contributed by atoms with van der Waals surface area (Å²) in [6, 6.07) is 0. The van der Waals surface area contributed by atoms with Crippen molar-refractivity contribution in [1.82, 2.24) is 9.88 Å². The van der Waals surface area contributed by atoms with Gasteiger partial charge in [-0.2, -0.15) is 0 Å². The summed E-state index contributed by atoms with van der Waals surface area (Å²) in [5.74, 6) is 0.0123. The molecule has 1 fully saturated rings. The number of thiazole rings is 1. The number of hydrogen-bond donors (Lipinski definition) is 0. The zero-order valence-electron chi connectivity index (χ0n) is 8.84. The van der Waals surface area contributed by atoms with E-state index in [4.69, 9.17) is 4.74 Å². The summed E-state index contributed by atoms with van der Waals surface area (Å²) in [6.07, 6.45) is 0.215. The zero-order chi connectivity index (χ0) is 10.8. The minimum atomic E-state index is 0.0123. The highest BCUT2D eigenvalue weighted by atomic mass is 32.1. The van der Waals surface area contributed by atoms with Crippen LogP contribution in [0.15, 0.2) is 10.9 Å². The quantitative estimate of drug-likeness (QED) is 0.726. The predicted octanol–water partition coefficient (Wildman–Crippen LogP) is 1.39. The molecule has 2 atom stereocenters. The highest BCUT2D eigenvalue weighted by Gasteiger charge is 2.27. The summed E-state index contributed by atoms with van der Waals surface area (Å²) in [5.41, 5.74) is 2.22. The molecule has 1 amide bonds. The predicted molar refractivity (Wildman–Crippen MR) is 58.0 cm³/mol. The van der Waals surface area contributed by atoms with Gasteiger partial charge >= 0.3 is 0 Å². The van der Waals surface area contributed by atoms with Crippen molar-refractivity contribution in [2.75, 3.05) is 13.1 Å². The maximum atomic E-state index is 12.0. The van der Waals surface area contributed by atoms with Crippen molar-refractivity contribution >= 4 is 17.2 Å². The minimum absolute atomic E-state index is 0.0123. The molecule has 0 bridgehead atoms. The Labute approximate surface area is 92.9 Å². The first-order valence-electron chi connectivity index (χ1n) is 4.99. The summed E-state index contributed by atoms with van der Waals surface area (Å²) in [4.78, 5) is 17.8. The molecule has 1 aromatic rings. The Balaban J connectivity index is 2.07. The third-order valence-corrected chi connectivity index (χ3v) is 2.94. The molecule has 0 radical (unpaired) electrons. The van der Waals surface area contributed by atoms with Crippen LogP contribution in [-0.4, -0.2) is 41.1 Å². The first kappa shape index (κ1) is 10.6. The molecule has 0 N–H and O–H groups in total. The fraction of sp³-hybridized carbons (Fsp3) is 0.600. The van der Waals surface area contributed by atoms with Crippen LogP contribution in [0.5, 0.6) is 0 Å². The molecule has 0 aromatic carbocycles. The SMILES string of the molecule is C[C@@H]1CN(C(=O)c2cscn2)C[C@H](C)O1. The molecule has 0 aliphatic carbocycles. The summed E-state index contributed by atoms with van der Waals surface area (Å²) in [5, 5.41) is 1.78. The Morgan fingerprint density at radius 1 is 1.53 bits per heavy atom. The van der Waals surface area contributed by atoms with Gasteiger partial charge in [0.05, 0.1) is 17.7 Å². The maximum Gasteiger partial charge on any atom is 0.273 e. The van der Waals surface area contributed by atoms with Crippen molar-refractivity contribution in [1.29, 1.82) is 0 Å². The van der Waals surface area contributed by atoms with Gasteiger partial charge in [0.15, 0.2) is 0 Å². The van der Waals surface area contributed by atoms with E-state index in [9.17, 15) is 4.79 Å². The Bertz CT molecular complexity index is 329. The number of amides is 1. The number of aromatic nitrogens is 1. The van der Waals surface area contributed by atoms with Crippen LogP contribution in [0.1, 0.15) is 24.3 Å². The molecule has 2 heterocycles. The van der Waals surface area contributed by atoms with Crippen LogP contribution in [-0.2, 0) is 4.74 Å². The van der Waals surface area contributed by atoms with Gasteiger partial charge in [0.2, 0.25) is 0 Å². The molecule has 1 aliphatic rings. The molecule has 5 heteroatoms. The number of hydrogen-bond acceptors (Lipinski definition) is 4. The van der Waals surface area contributed by atoms with E-state index in [-0.39, 0.29) is 18.1 Å². The van der Waals surface area contributed by atoms with Crippen molar-refractivity contribution < 1.29 is 9.53 Å². The molecule has 0 unspecified atom stereocenters. The Hall–Kier alpha value is -0.940. The van der Waals surface area contributed by atoms with Gasteiger partial charge < -0.3 is 9.64 Å². The summed E-state index contributed by atoms with van der Waals surface area (Å²) in [7, 11) is 0. The third-order valence-electron chi connectivity index (χ3n) is 2.36. The topological polar surface area (TPSA) is 42.4 Å². The molecule has 0 saturated carbocycles. The normalized spacial score (nSPS) is 26.7. The number of ether oxygens (including phenoxy) is 1. The molecule has 2 rings (SSSR count). The summed E-state index contributed by atoms with van der Waals surface area (Å²) < 4.78 is 5.57. The van der Waals surface area contributed by atoms with E-state index < -0.39 is 0 Å². The molecule has 0 spiro atoms. The van der Waals surface area contributed by atoms with Gasteiger partial charge in [-0.3, -0.25) is 4.79 Å². The van der Waals surface area contributed by atoms with Crippen molar-refractivity contribution in [3.8, 4) is 0 Å². The van der Waals surface area contributed by atoms with Gasteiger partial charge in [-0.25, -0.2) is 4.98 Å². The monoisotopic (exact) mass is 226 g/mol. The molecule has 15 heavy (non-hydrogen) atoms. The van der Waals surface area contributed by atoms with E-state index in [1.54, 1.807) is 10.9 Å². The standard InChI is InChI=1S/C10H14N2O2S/c1-7-3-12(4-8(2)14-7)10(13)9-5-15-6-11-9/h5-8H,3-4H2,1-2H3/t7-,8+. The molecule has 82 valence electrons. The largest absolute Gasteiger partial charge is 0.372 e. The van der Waals surface area contributed by atoms with Crippen LogP contribution in [0.3, 0.4) is 0 Å². The fourth-order valence-electron chi connectivity index (χ4n) is 1.82. The smallest absolute Gasteiger partial charge is 0.273 e. The Morgan fingerprint density at radius 3 is 2.73 bits per heavy atom. The van der Waals surface area contributed by atoms with Crippen LogP contribution in [0.4, 0.5) is 0 Å².